The first-order chi connectivity index (χ1) is 12.5. The van der Waals surface area contributed by atoms with Gasteiger partial charge in [0.1, 0.15) is 0 Å². The molecule has 1 aliphatic heterocycles. The highest BCUT2D eigenvalue weighted by Crippen LogP contribution is 2.22. The lowest BCUT2D eigenvalue weighted by atomic mass is 10.2. The number of benzene rings is 1. The minimum Gasteiger partial charge on any atom is -0.351 e. The number of anilines is 1. The maximum atomic E-state index is 12.2. The van der Waals surface area contributed by atoms with E-state index in [1.165, 1.54) is 0 Å². The van der Waals surface area contributed by atoms with Crippen molar-refractivity contribution in [2.75, 3.05) is 23.0 Å². The number of sulfone groups is 1. The van der Waals surface area contributed by atoms with Gasteiger partial charge in [-0.15, -0.1) is 10.2 Å². The Morgan fingerprint density at radius 3 is 2.54 bits per heavy atom. The predicted molar refractivity (Wildman–Crippen MR) is 99.7 cm³/mol. The van der Waals surface area contributed by atoms with Crippen LogP contribution in [0.25, 0.3) is 0 Å². The summed E-state index contributed by atoms with van der Waals surface area (Å²) in [5.74, 6) is 0.650. The van der Waals surface area contributed by atoms with E-state index in [0.29, 0.717) is 25.3 Å². The molecule has 0 aliphatic carbocycles. The fraction of sp³-hybridized carbons (Fsp3) is 0.389. The van der Waals surface area contributed by atoms with Gasteiger partial charge >= 0.3 is 0 Å². The summed E-state index contributed by atoms with van der Waals surface area (Å²) in [5, 5.41) is 11.0. The van der Waals surface area contributed by atoms with E-state index in [9.17, 15) is 13.2 Å². The van der Waals surface area contributed by atoms with Crippen molar-refractivity contribution < 1.29 is 13.2 Å². The van der Waals surface area contributed by atoms with E-state index in [1.54, 1.807) is 12.1 Å². The number of nitrogens with zero attached hydrogens (tertiary/aromatic N) is 3. The summed E-state index contributed by atoms with van der Waals surface area (Å²) in [6, 6.07) is 12.9. The third-order valence-electron chi connectivity index (χ3n) is 4.46. The van der Waals surface area contributed by atoms with Crippen LogP contribution in [0.1, 0.15) is 29.4 Å². The number of hydrogen-bond acceptors (Lipinski definition) is 6. The number of rotatable bonds is 6. The maximum absolute atomic E-state index is 12.2. The smallest absolute Gasteiger partial charge is 0.272 e. The number of carbonyl (C=O) groups is 1. The van der Waals surface area contributed by atoms with Crippen LogP contribution in [0, 0.1) is 0 Å². The van der Waals surface area contributed by atoms with Crippen LogP contribution < -0.4 is 10.2 Å². The van der Waals surface area contributed by atoms with E-state index in [2.05, 4.69) is 15.5 Å². The molecule has 1 aromatic carbocycles. The highest BCUT2D eigenvalue weighted by atomic mass is 32.2. The number of aromatic nitrogens is 2. The van der Waals surface area contributed by atoms with Crippen LogP contribution >= 0.6 is 0 Å². The van der Waals surface area contributed by atoms with Crippen molar-refractivity contribution in [3.8, 4) is 0 Å². The van der Waals surface area contributed by atoms with Gasteiger partial charge in [0.2, 0.25) is 0 Å². The Balaban J connectivity index is 1.64. The standard InChI is InChI=1S/C18H22N4O3S/c1-2-22(15-10-11-26(24,25)13-15)17-9-8-16(20-21-17)18(23)19-12-14-6-4-3-5-7-14/h3-9,15H,2,10-13H2,1H3,(H,19,23). The molecule has 3 rings (SSSR count). The number of amides is 1. The van der Waals surface area contributed by atoms with Crippen LogP contribution in [0.15, 0.2) is 42.5 Å². The van der Waals surface area contributed by atoms with Crippen LogP contribution in [0.2, 0.25) is 0 Å². The first kappa shape index (κ1) is 18.3. The predicted octanol–water partition coefficient (Wildman–Crippen LogP) is 1.42. The summed E-state index contributed by atoms with van der Waals surface area (Å²) in [7, 11) is -2.97. The molecule has 0 radical (unpaired) electrons. The van der Waals surface area contributed by atoms with Gasteiger partial charge in [0.05, 0.1) is 11.5 Å². The van der Waals surface area contributed by atoms with Gasteiger partial charge < -0.3 is 10.2 Å². The van der Waals surface area contributed by atoms with Gasteiger partial charge in [-0.05, 0) is 31.0 Å². The summed E-state index contributed by atoms with van der Waals surface area (Å²) >= 11 is 0. The summed E-state index contributed by atoms with van der Waals surface area (Å²) in [6.07, 6.45) is 0.594. The van der Waals surface area contributed by atoms with Gasteiger partial charge in [-0.3, -0.25) is 4.79 Å². The van der Waals surface area contributed by atoms with Crippen molar-refractivity contribution in [3.63, 3.8) is 0 Å². The molecule has 1 fully saturated rings. The molecule has 1 saturated heterocycles. The molecule has 7 nitrogen and oxygen atoms in total. The Hall–Kier alpha value is -2.48. The lowest BCUT2D eigenvalue weighted by molar-refractivity contribution is 0.0945. The number of nitrogens with one attached hydrogen (secondary N) is 1. The molecule has 26 heavy (non-hydrogen) atoms. The molecule has 1 atom stereocenters. The molecule has 0 saturated carbocycles. The van der Waals surface area contributed by atoms with Crippen LogP contribution in [-0.2, 0) is 16.4 Å². The zero-order chi connectivity index (χ0) is 18.6. The SMILES string of the molecule is CCN(c1ccc(C(=O)NCc2ccccc2)nn1)C1CCS(=O)(=O)C1. The van der Waals surface area contributed by atoms with E-state index < -0.39 is 9.84 Å². The monoisotopic (exact) mass is 374 g/mol. The molecule has 8 heteroatoms. The average Bonchev–Trinajstić information content (AvgIpc) is 3.01. The summed E-state index contributed by atoms with van der Waals surface area (Å²) < 4.78 is 23.4. The van der Waals surface area contributed by atoms with Crippen molar-refractivity contribution in [2.24, 2.45) is 0 Å². The van der Waals surface area contributed by atoms with Gasteiger partial charge in [0, 0.05) is 19.1 Å². The second-order valence-corrected chi connectivity index (χ2v) is 8.52. The largest absolute Gasteiger partial charge is 0.351 e. The van der Waals surface area contributed by atoms with E-state index in [0.717, 1.165) is 5.56 Å². The van der Waals surface area contributed by atoms with Crippen molar-refractivity contribution in [2.45, 2.75) is 25.9 Å². The zero-order valence-corrected chi connectivity index (χ0v) is 15.4. The van der Waals surface area contributed by atoms with E-state index in [4.69, 9.17) is 0 Å². The second kappa shape index (κ2) is 7.82. The van der Waals surface area contributed by atoms with Gasteiger partial charge in [0.15, 0.2) is 21.3 Å². The highest BCUT2D eigenvalue weighted by Gasteiger charge is 2.32. The molecule has 1 aliphatic rings. The number of carbonyl (C=O) groups excluding carboxylic acids is 1. The highest BCUT2D eigenvalue weighted by molar-refractivity contribution is 7.91. The Bertz CT molecular complexity index is 854. The fourth-order valence-corrected chi connectivity index (χ4v) is 4.83. The minimum atomic E-state index is -2.97. The molecule has 2 heterocycles. The molecular formula is C18H22N4O3S. The molecule has 1 aromatic heterocycles. The Morgan fingerprint density at radius 2 is 1.96 bits per heavy atom. The van der Waals surface area contributed by atoms with Crippen molar-refractivity contribution in [1.29, 1.82) is 0 Å². The molecule has 1 unspecified atom stereocenters. The number of hydrogen-bond donors (Lipinski definition) is 1. The first-order valence-corrected chi connectivity index (χ1v) is 10.4. The molecular weight excluding hydrogens is 352 g/mol. The normalized spacial score (nSPS) is 18.4. The molecule has 1 N–H and O–H groups in total. The molecule has 1 amide bonds. The fourth-order valence-electron chi connectivity index (χ4n) is 3.10. The van der Waals surface area contributed by atoms with Crippen LogP contribution in [0.4, 0.5) is 5.82 Å². The zero-order valence-electron chi connectivity index (χ0n) is 14.6. The molecule has 0 spiro atoms. The second-order valence-electron chi connectivity index (χ2n) is 6.29. The molecule has 138 valence electrons. The van der Waals surface area contributed by atoms with Gasteiger partial charge in [-0.1, -0.05) is 30.3 Å². The molecule has 0 bridgehead atoms. The van der Waals surface area contributed by atoms with Crippen LogP contribution in [-0.4, -0.2) is 48.6 Å². The average molecular weight is 374 g/mol. The van der Waals surface area contributed by atoms with E-state index in [-0.39, 0.29) is 29.1 Å². The Kier molecular flexibility index (Phi) is 5.51. The lowest BCUT2D eigenvalue weighted by Gasteiger charge is -2.27. The molecule has 2 aromatic rings. The first-order valence-electron chi connectivity index (χ1n) is 8.61. The summed E-state index contributed by atoms with van der Waals surface area (Å²) in [6.45, 7) is 3.01. The summed E-state index contributed by atoms with van der Waals surface area (Å²) in [4.78, 5) is 14.1. The lowest BCUT2D eigenvalue weighted by Crippen LogP contribution is -2.37. The van der Waals surface area contributed by atoms with Crippen LogP contribution in [0.3, 0.4) is 0 Å². The minimum absolute atomic E-state index is 0.0861. The van der Waals surface area contributed by atoms with Gasteiger partial charge in [0.25, 0.3) is 5.91 Å². The Labute approximate surface area is 153 Å². The third-order valence-corrected chi connectivity index (χ3v) is 6.21. The van der Waals surface area contributed by atoms with E-state index >= 15 is 0 Å². The summed E-state index contributed by atoms with van der Waals surface area (Å²) in [5.41, 5.74) is 1.24. The van der Waals surface area contributed by atoms with Crippen molar-refractivity contribution in [1.82, 2.24) is 15.5 Å². The van der Waals surface area contributed by atoms with Crippen LogP contribution in [0.5, 0.6) is 0 Å². The maximum Gasteiger partial charge on any atom is 0.272 e. The van der Waals surface area contributed by atoms with Gasteiger partial charge in [-0.25, -0.2) is 8.42 Å². The quantitative estimate of drug-likeness (QED) is 0.822. The Morgan fingerprint density at radius 1 is 1.19 bits per heavy atom. The van der Waals surface area contributed by atoms with Gasteiger partial charge in [-0.2, -0.15) is 0 Å². The van der Waals surface area contributed by atoms with Crippen molar-refractivity contribution >= 4 is 21.6 Å². The topological polar surface area (TPSA) is 92.3 Å². The van der Waals surface area contributed by atoms with Crippen molar-refractivity contribution in [3.05, 3.63) is 53.7 Å². The third kappa shape index (κ3) is 4.37. The van der Waals surface area contributed by atoms with E-state index in [1.807, 2.05) is 42.2 Å².